The van der Waals surface area contributed by atoms with Crippen LogP contribution in [0.5, 0.6) is 0 Å². The lowest BCUT2D eigenvalue weighted by Gasteiger charge is -2.27. The fraction of sp³-hybridized carbons (Fsp3) is 0.636. The Bertz CT molecular complexity index is 298. The van der Waals surface area contributed by atoms with E-state index < -0.39 is 0 Å². The summed E-state index contributed by atoms with van der Waals surface area (Å²) in [5.41, 5.74) is 6.66. The van der Waals surface area contributed by atoms with Crippen molar-refractivity contribution in [2.75, 3.05) is 18.0 Å². The van der Waals surface area contributed by atoms with Gasteiger partial charge in [0.1, 0.15) is 0 Å². The summed E-state index contributed by atoms with van der Waals surface area (Å²) in [5, 5.41) is 8.12. The van der Waals surface area contributed by atoms with Crippen LogP contribution in [0.4, 0.5) is 5.82 Å². The maximum absolute atomic E-state index is 5.52. The molecule has 0 aliphatic rings. The number of hydrogen-bond acceptors (Lipinski definition) is 4. The van der Waals surface area contributed by atoms with Crippen molar-refractivity contribution in [3.8, 4) is 0 Å². The van der Waals surface area contributed by atoms with Crippen LogP contribution in [0.25, 0.3) is 0 Å². The van der Waals surface area contributed by atoms with Gasteiger partial charge in [0.2, 0.25) is 0 Å². The lowest BCUT2D eigenvalue weighted by Crippen LogP contribution is -2.33. The van der Waals surface area contributed by atoms with Crippen molar-refractivity contribution >= 4 is 5.82 Å². The Morgan fingerprint density at radius 1 is 1.47 bits per heavy atom. The summed E-state index contributed by atoms with van der Waals surface area (Å²) >= 11 is 0. The van der Waals surface area contributed by atoms with Crippen molar-refractivity contribution in [3.63, 3.8) is 0 Å². The first-order chi connectivity index (χ1) is 7.15. The van der Waals surface area contributed by atoms with Gasteiger partial charge in [-0.3, -0.25) is 0 Å². The molecule has 1 aromatic heterocycles. The highest BCUT2D eigenvalue weighted by Crippen LogP contribution is 2.14. The highest BCUT2D eigenvalue weighted by atomic mass is 15.3. The van der Waals surface area contributed by atoms with Gasteiger partial charge in [-0.1, -0.05) is 0 Å². The molecule has 0 atom stereocenters. The number of aryl methyl sites for hydroxylation is 1. The molecule has 0 bridgehead atoms. The van der Waals surface area contributed by atoms with Crippen molar-refractivity contribution in [3.05, 3.63) is 17.8 Å². The number of rotatable bonds is 5. The average Bonchev–Trinajstić information content (AvgIpc) is 2.18. The Hall–Kier alpha value is -1.16. The van der Waals surface area contributed by atoms with Crippen molar-refractivity contribution < 1.29 is 0 Å². The molecule has 15 heavy (non-hydrogen) atoms. The Kier molecular flexibility index (Phi) is 4.49. The topological polar surface area (TPSA) is 55.0 Å². The van der Waals surface area contributed by atoms with Crippen LogP contribution in [-0.4, -0.2) is 29.3 Å². The van der Waals surface area contributed by atoms with Crippen LogP contribution in [-0.2, 0) is 0 Å². The Morgan fingerprint density at radius 2 is 2.20 bits per heavy atom. The van der Waals surface area contributed by atoms with Gasteiger partial charge in [-0.15, -0.1) is 5.10 Å². The monoisotopic (exact) mass is 208 g/mol. The molecule has 0 aliphatic carbocycles. The van der Waals surface area contributed by atoms with E-state index in [0.717, 1.165) is 24.3 Å². The Labute approximate surface area is 91.5 Å². The molecule has 0 unspecified atom stereocenters. The molecule has 2 N–H and O–H groups in total. The smallest absolute Gasteiger partial charge is 0.151 e. The molecule has 84 valence electrons. The van der Waals surface area contributed by atoms with Crippen LogP contribution in [0, 0.1) is 6.92 Å². The van der Waals surface area contributed by atoms with Crippen LogP contribution in [0.3, 0.4) is 0 Å². The van der Waals surface area contributed by atoms with Crippen molar-refractivity contribution in [1.29, 1.82) is 0 Å². The second-order valence-electron chi connectivity index (χ2n) is 4.02. The molecule has 4 nitrogen and oxygen atoms in total. The lowest BCUT2D eigenvalue weighted by atomic mass is 10.2. The van der Waals surface area contributed by atoms with E-state index >= 15 is 0 Å². The molecule has 0 aromatic carbocycles. The first kappa shape index (κ1) is 11.9. The number of nitrogens with two attached hydrogens (primary N) is 1. The van der Waals surface area contributed by atoms with Gasteiger partial charge in [-0.05, 0) is 45.4 Å². The Morgan fingerprint density at radius 3 is 2.73 bits per heavy atom. The largest absolute Gasteiger partial charge is 0.353 e. The SMILES string of the molecule is Cc1cnnc(N(CCCN)C(C)C)c1. The first-order valence-electron chi connectivity index (χ1n) is 5.41. The molecule has 0 amide bonds. The quantitative estimate of drug-likeness (QED) is 0.793. The summed E-state index contributed by atoms with van der Waals surface area (Å²) < 4.78 is 0. The lowest BCUT2D eigenvalue weighted by molar-refractivity contribution is 0.643. The van der Waals surface area contributed by atoms with Crippen LogP contribution >= 0.6 is 0 Å². The van der Waals surface area contributed by atoms with Gasteiger partial charge in [-0.25, -0.2) is 0 Å². The predicted molar refractivity (Wildman–Crippen MR) is 62.9 cm³/mol. The third-order valence-electron chi connectivity index (χ3n) is 2.30. The number of aromatic nitrogens is 2. The fourth-order valence-corrected chi connectivity index (χ4v) is 1.49. The fourth-order valence-electron chi connectivity index (χ4n) is 1.49. The summed E-state index contributed by atoms with van der Waals surface area (Å²) in [6.45, 7) is 7.98. The van der Waals surface area contributed by atoms with Crippen LogP contribution < -0.4 is 10.6 Å². The minimum atomic E-state index is 0.424. The van der Waals surface area contributed by atoms with E-state index in [1.807, 2.05) is 6.92 Å². The van der Waals surface area contributed by atoms with Gasteiger partial charge >= 0.3 is 0 Å². The van der Waals surface area contributed by atoms with Crippen molar-refractivity contribution in [2.45, 2.75) is 33.2 Å². The van der Waals surface area contributed by atoms with Crippen LogP contribution in [0.15, 0.2) is 12.3 Å². The van der Waals surface area contributed by atoms with E-state index in [1.54, 1.807) is 6.20 Å². The van der Waals surface area contributed by atoms with Gasteiger partial charge < -0.3 is 10.6 Å². The van der Waals surface area contributed by atoms with E-state index in [9.17, 15) is 0 Å². The molecule has 0 radical (unpaired) electrons. The maximum Gasteiger partial charge on any atom is 0.151 e. The highest BCUT2D eigenvalue weighted by molar-refractivity contribution is 5.39. The number of hydrogen-bond donors (Lipinski definition) is 1. The molecule has 0 saturated heterocycles. The van der Waals surface area contributed by atoms with E-state index in [-0.39, 0.29) is 0 Å². The minimum absolute atomic E-state index is 0.424. The van der Waals surface area contributed by atoms with Crippen molar-refractivity contribution in [1.82, 2.24) is 10.2 Å². The summed E-state index contributed by atoms with van der Waals surface area (Å²) in [6.07, 6.45) is 2.75. The minimum Gasteiger partial charge on any atom is -0.353 e. The molecule has 0 aliphatic heterocycles. The molecule has 1 aromatic rings. The van der Waals surface area contributed by atoms with Gasteiger partial charge in [0.05, 0.1) is 6.20 Å². The molecular weight excluding hydrogens is 188 g/mol. The summed E-state index contributed by atoms with van der Waals surface area (Å²) in [6, 6.07) is 2.48. The van der Waals surface area contributed by atoms with Crippen molar-refractivity contribution in [2.24, 2.45) is 5.73 Å². The van der Waals surface area contributed by atoms with E-state index in [2.05, 4.69) is 35.0 Å². The normalized spacial score (nSPS) is 10.7. The van der Waals surface area contributed by atoms with Gasteiger partial charge in [-0.2, -0.15) is 5.10 Å². The molecule has 1 rings (SSSR count). The summed E-state index contributed by atoms with van der Waals surface area (Å²) in [5.74, 6) is 0.943. The maximum atomic E-state index is 5.52. The predicted octanol–water partition coefficient (Wildman–Crippen LogP) is 1.35. The van der Waals surface area contributed by atoms with E-state index in [0.29, 0.717) is 12.6 Å². The van der Waals surface area contributed by atoms with Crippen LogP contribution in [0.2, 0.25) is 0 Å². The molecular formula is C11H20N4. The average molecular weight is 208 g/mol. The molecule has 0 saturated carbocycles. The molecule has 0 spiro atoms. The first-order valence-corrected chi connectivity index (χ1v) is 5.41. The summed E-state index contributed by atoms with van der Waals surface area (Å²) in [4.78, 5) is 2.23. The Balaban J connectivity index is 2.79. The van der Waals surface area contributed by atoms with Gasteiger partial charge in [0, 0.05) is 12.6 Å². The molecule has 0 fully saturated rings. The summed E-state index contributed by atoms with van der Waals surface area (Å²) in [7, 11) is 0. The van der Waals surface area contributed by atoms with E-state index in [4.69, 9.17) is 5.73 Å². The number of nitrogens with zero attached hydrogens (tertiary/aromatic N) is 3. The van der Waals surface area contributed by atoms with Gasteiger partial charge in [0.25, 0.3) is 0 Å². The highest BCUT2D eigenvalue weighted by Gasteiger charge is 2.11. The van der Waals surface area contributed by atoms with E-state index in [1.165, 1.54) is 0 Å². The zero-order valence-corrected chi connectivity index (χ0v) is 9.77. The van der Waals surface area contributed by atoms with Gasteiger partial charge in [0.15, 0.2) is 5.82 Å². The zero-order chi connectivity index (χ0) is 11.3. The molecule has 1 heterocycles. The zero-order valence-electron chi connectivity index (χ0n) is 9.77. The third-order valence-corrected chi connectivity index (χ3v) is 2.30. The third kappa shape index (κ3) is 3.47. The second-order valence-corrected chi connectivity index (χ2v) is 4.02. The number of anilines is 1. The standard InChI is InChI=1S/C11H20N4/c1-9(2)15(6-4-5-12)11-7-10(3)8-13-14-11/h7-9H,4-6,12H2,1-3H3. The van der Waals surface area contributed by atoms with Crippen LogP contribution in [0.1, 0.15) is 25.8 Å². The second kappa shape index (κ2) is 5.66. The molecule has 4 heteroatoms.